The molecule has 5 rings (SSSR count). The minimum absolute atomic E-state index is 0.541. The first-order valence-electron chi connectivity index (χ1n) is 5.52. The number of imidazole rings is 1. The van der Waals surface area contributed by atoms with Gasteiger partial charge in [0, 0.05) is 17.7 Å². The van der Waals surface area contributed by atoms with Gasteiger partial charge < -0.3 is 4.57 Å². The number of aromatic nitrogens is 2. The van der Waals surface area contributed by atoms with Gasteiger partial charge >= 0.3 is 0 Å². The van der Waals surface area contributed by atoms with Gasteiger partial charge in [-0.2, -0.15) is 0 Å². The Kier molecular flexibility index (Phi) is 1.37. The van der Waals surface area contributed by atoms with Crippen LogP contribution in [0.2, 0.25) is 0 Å². The van der Waals surface area contributed by atoms with E-state index in [0.29, 0.717) is 5.54 Å². The standard InChI is InChI=1S/C11H13IN2/c12-9-6-14(10(13-9)8-1-2-8)11-3-7(4-11)5-11/h6-8H,1-5H2. The van der Waals surface area contributed by atoms with Gasteiger partial charge in [0.1, 0.15) is 9.53 Å². The average molecular weight is 300 g/mol. The minimum Gasteiger partial charge on any atom is -0.327 e. The predicted octanol–water partition coefficient (Wildman–Crippen LogP) is 2.87. The topological polar surface area (TPSA) is 17.8 Å². The molecule has 4 saturated carbocycles. The van der Waals surface area contributed by atoms with Gasteiger partial charge in [0.25, 0.3) is 0 Å². The van der Waals surface area contributed by atoms with Crippen LogP contribution < -0.4 is 0 Å². The second kappa shape index (κ2) is 2.36. The second-order valence-corrected chi connectivity index (χ2v) is 6.37. The lowest BCUT2D eigenvalue weighted by atomic mass is 9.49. The third kappa shape index (κ3) is 0.896. The van der Waals surface area contributed by atoms with Gasteiger partial charge in [-0.3, -0.25) is 0 Å². The Balaban J connectivity index is 1.80. The highest BCUT2D eigenvalue weighted by atomic mass is 127. The summed E-state index contributed by atoms with van der Waals surface area (Å²) < 4.78 is 3.72. The van der Waals surface area contributed by atoms with Crippen LogP contribution in [0, 0.1) is 9.62 Å². The molecular weight excluding hydrogens is 287 g/mol. The zero-order valence-electron chi connectivity index (χ0n) is 8.04. The molecular formula is C11H13IN2. The molecule has 0 aromatic carbocycles. The van der Waals surface area contributed by atoms with Crippen molar-refractivity contribution in [3.63, 3.8) is 0 Å². The largest absolute Gasteiger partial charge is 0.327 e. The summed E-state index contributed by atoms with van der Waals surface area (Å²) in [6, 6.07) is 0. The van der Waals surface area contributed by atoms with Crippen molar-refractivity contribution in [2.75, 3.05) is 0 Å². The smallest absolute Gasteiger partial charge is 0.119 e. The van der Waals surface area contributed by atoms with E-state index in [2.05, 4.69) is 33.4 Å². The number of halogens is 1. The summed E-state index contributed by atoms with van der Waals surface area (Å²) in [6.07, 6.45) is 9.31. The molecule has 4 aliphatic rings. The fourth-order valence-corrected chi connectivity index (χ4v) is 3.63. The lowest BCUT2D eigenvalue weighted by Crippen LogP contribution is -2.59. The molecule has 0 unspecified atom stereocenters. The third-order valence-corrected chi connectivity index (χ3v) is 4.68. The van der Waals surface area contributed by atoms with Gasteiger partial charge in [0.2, 0.25) is 0 Å². The number of nitrogens with zero attached hydrogens (tertiary/aromatic N) is 2. The van der Waals surface area contributed by atoms with Crippen molar-refractivity contribution < 1.29 is 0 Å². The van der Waals surface area contributed by atoms with Crippen molar-refractivity contribution in [1.82, 2.24) is 9.55 Å². The molecule has 1 aromatic rings. The maximum atomic E-state index is 4.70. The highest BCUT2D eigenvalue weighted by Gasteiger charge is 2.59. The molecule has 4 aliphatic carbocycles. The molecule has 0 aliphatic heterocycles. The second-order valence-electron chi connectivity index (χ2n) is 5.27. The zero-order valence-corrected chi connectivity index (χ0v) is 10.2. The van der Waals surface area contributed by atoms with Gasteiger partial charge in [-0.05, 0) is 60.6 Å². The van der Waals surface area contributed by atoms with E-state index in [1.165, 1.54) is 41.6 Å². The van der Waals surface area contributed by atoms with E-state index in [4.69, 9.17) is 4.98 Å². The van der Waals surface area contributed by atoms with Crippen molar-refractivity contribution in [3.8, 4) is 0 Å². The van der Waals surface area contributed by atoms with Crippen molar-refractivity contribution in [1.29, 1.82) is 0 Å². The quantitative estimate of drug-likeness (QED) is 0.768. The molecule has 3 heteroatoms. The first kappa shape index (κ1) is 8.13. The monoisotopic (exact) mass is 300 g/mol. The Morgan fingerprint density at radius 3 is 2.57 bits per heavy atom. The lowest BCUT2D eigenvalue weighted by Gasteiger charge is -2.62. The van der Waals surface area contributed by atoms with Crippen LogP contribution >= 0.6 is 22.6 Å². The normalized spacial score (nSPS) is 39.1. The Labute approximate surface area is 97.2 Å². The van der Waals surface area contributed by atoms with Crippen LogP contribution in [0.1, 0.15) is 43.8 Å². The summed E-state index contributed by atoms with van der Waals surface area (Å²) in [6.45, 7) is 0. The molecule has 1 heterocycles. The Morgan fingerprint density at radius 2 is 2.07 bits per heavy atom. The van der Waals surface area contributed by atoms with E-state index < -0.39 is 0 Å². The highest BCUT2D eigenvalue weighted by molar-refractivity contribution is 14.1. The molecule has 2 nitrogen and oxygen atoms in total. The van der Waals surface area contributed by atoms with E-state index >= 15 is 0 Å². The van der Waals surface area contributed by atoms with Crippen molar-refractivity contribution in [2.24, 2.45) is 5.92 Å². The molecule has 0 amide bonds. The first-order valence-corrected chi connectivity index (χ1v) is 6.60. The van der Waals surface area contributed by atoms with E-state index in [-0.39, 0.29) is 0 Å². The number of hydrogen-bond donors (Lipinski definition) is 0. The van der Waals surface area contributed by atoms with Crippen LogP contribution in [-0.2, 0) is 5.54 Å². The summed E-state index contributed by atoms with van der Waals surface area (Å²) >= 11 is 2.35. The van der Waals surface area contributed by atoms with E-state index in [9.17, 15) is 0 Å². The Hall–Kier alpha value is -0.0600. The van der Waals surface area contributed by atoms with Crippen LogP contribution in [-0.4, -0.2) is 9.55 Å². The van der Waals surface area contributed by atoms with Crippen LogP contribution in [0.3, 0.4) is 0 Å². The first-order chi connectivity index (χ1) is 6.77. The van der Waals surface area contributed by atoms with Crippen LogP contribution in [0.5, 0.6) is 0 Å². The summed E-state index contributed by atoms with van der Waals surface area (Å²) in [4.78, 5) is 4.70. The molecule has 1 aromatic heterocycles. The molecule has 0 radical (unpaired) electrons. The fourth-order valence-electron chi connectivity index (χ4n) is 3.10. The molecule has 0 N–H and O–H groups in total. The van der Waals surface area contributed by atoms with Gasteiger partial charge in [0.05, 0.1) is 0 Å². The highest BCUT2D eigenvalue weighted by Crippen LogP contribution is 2.63. The predicted molar refractivity (Wildman–Crippen MR) is 62.2 cm³/mol. The molecule has 74 valence electrons. The van der Waals surface area contributed by atoms with E-state index in [0.717, 1.165) is 11.8 Å². The molecule has 0 atom stereocenters. The third-order valence-electron chi connectivity index (χ3n) is 4.16. The summed E-state index contributed by atoms with van der Waals surface area (Å²) in [5.74, 6) is 3.25. The lowest BCUT2D eigenvalue weighted by molar-refractivity contribution is -0.0908. The summed E-state index contributed by atoms with van der Waals surface area (Å²) in [7, 11) is 0. The molecule has 0 spiro atoms. The van der Waals surface area contributed by atoms with E-state index in [1.54, 1.807) is 0 Å². The maximum Gasteiger partial charge on any atom is 0.119 e. The van der Waals surface area contributed by atoms with Crippen molar-refractivity contribution in [3.05, 3.63) is 15.7 Å². The van der Waals surface area contributed by atoms with Crippen molar-refractivity contribution in [2.45, 2.75) is 43.6 Å². The Bertz CT molecular complexity index is 388. The van der Waals surface area contributed by atoms with Gasteiger partial charge in [-0.25, -0.2) is 4.98 Å². The van der Waals surface area contributed by atoms with Crippen LogP contribution in [0.25, 0.3) is 0 Å². The zero-order chi connectivity index (χ0) is 9.34. The van der Waals surface area contributed by atoms with Crippen LogP contribution in [0.4, 0.5) is 0 Å². The molecule has 14 heavy (non-hydrogen) atoms. The fraction of sp³-hybridized carbons (Fsp3) is 0.727. The number of rotatable bonds is 2. The summed E-state index contributed by atoms with van der Waals surface area (Å²) in [5.41, 5.74) is 0.541. The van der Waals surface area contributed by atoms with Gasteiger partial charge in [-0.15, -0.1) is 0 Å². The minimum atomic E-state index is 0.541. The van der Waals surface area contributed by atoms with E-state index in [1.807, 2.05) is 0 Å². The number of hydrogen-bond acceptors (Lipinski definition) is 1. The average Bonchev–Trinajstić information content (AvgIpc) is 2.71. The molecule has 2 bridgehead atoms. The summed E-state index contributed by atoms with van der Waals surface area (Å²) in [5, 5.41) is 0. The van der Waals surface area contributed by atoms with Gasteiger partial charge in [-0.1, -0.05) is 0 Å². The molecule has 4 fully saturated rings. The van der Waals surface area contributed by atoms with Crippen molar-refractivity contribution >= 4 is 22.6 Å². The SMILES string of the molecule is Ic1cn(C23CC(C2)C3)c(C2CC2)n1. The maximum absolute atomic E-state index is 4.70. The van der Waals surface area contributed by atoms with Gasteiger partial charge in [0.15, 0.2) is 0 Å². The Morgan fingerprint density at radius 1 is 1.36 bits per heavy atom. The van der Waals surface area contributed by atoms with Crippen LogP contribution in [0.15, 0.2) is 6.20 Å². The molecule has 0 saturated heterocycles.